The van der Waals surface area contributed by atoms with Crippen molar-refractivity contribution in [2.45, 2.75) is 23.6 Å². The van der Waals surface area contributed by atoms with Crippen LogP contribution in [0, 0.1) is 0 Å². The van der Waals surface area contributed by atoms with E-state index in [2.05, 4.69) is 4.74 Å². The summed E-state index contributed by atoms with van der Waals surface area (Å²) >= 11 is 0. The Morgan fingerprint density at radius 3 is 2.36 bits per heavy atom. The number of hydrogen-bond acceptors (Lipinski definition) is 6. The first-order valence-corrected chi connectivity index (χ1v) is 8.98. The van der Waals surface area contributed by atoms with Crippen molar-refractivity contribution in [2.24, 2.45) is 0 Å². The van der Waals surface area contributed by atoms with E-state index in [4.69, 9.17) is 4.74 Å². The molecule has 1 aliphatic rings. The van der Waals surface area contributed by atoms with Gasteiger partial charge in [-0.2, -0.15) is 22.0 Å². The zero-order valence-electron chi connectivity index (χ0n) is 13.6. The van der Waals surface area contributed by atoms with E-state index in [9.17, 15) is 39.7 Å². The fraction of sp³-hybridized carbons (Fsp3) is 0.312. The van der Waals surface area contributed by atoms with Crippen molar-refractivity contribution >= 4 is 26.9 Å². The Bertz CT molecular complexity index is 1030. The minimum absolute atomic E-state index is 0.0923. The van der Waals surface area contributed by atoms with Crippen LogP contribution in [0.25, 0.3) is 10.8 Å². The molecule has 28 heavy (non-hydrogen) atoms. The molecule has 0 N–H and O–H groups in total. The second-order valence-electron chi connectivity index (χ2n) is 5.95. The fourth-order valence-corrected chi connectivity index (χ4v) is 2.98. The Morgan fingerprint density at radius 1 is 1.18 bits per heavy atom. The highest BCUT2D eigenvalue weighted by molar-refractivity contribution is 7.86. The Hall–Kier alpha value is -2.31. The van der Waals surface area contributed by atoms with Crippen LogP contribution in [-0.4, -0.2) is 43.1 Å². The van der Waals surface area contributed by atoms with Gasteiger partial charge < -0.3 is 14.0 Å². The van der Waals surface area contributed by atoms with Crippen LogP contribution in [0.1, 0.15) is 22.0 Å². The summed E-state index contributed by atoms with van der Waals surface area (Å²) in [5.41, 5.74) is 0.0981. The first-order chi connectivity index (χ1) is 12.8. The third kappa shape index (κ3) is 3.80. The van der Waals surface area contributed by atoms with Gasteiger partial charge in [0.1, 0.15) is 6.10 Å². The van der Waals surface area contributed by atoms with Gasteiger partial charge in [0.05, 0.1) is 12.2 Å². The number of benzene rings is 2. The lowest BCUT2D eigenvalue weighted by molar-refractivity contribution is -0.248. The smallest absolute Gasteiger partial charge is 0.432 e. The number of esters is 1. The standard InChI is InChI=1S/C16H11F5O6S/c17-15(18,19)14(16(20,21)28(23,24)25)27-13(22)10-3-1-2-8-4-5-9(6-11(8)10)12-7-26-12/h1-6,12,14H,7H2,(H,23,24,25)/p-1. The van der Waals surface area contributed by atoms with Crippen LogP contribution in [0.4, 0.5) is 22.0 Å². The molecule has 0 bridgehead atoms. The topological polar surface area (TPSA) is 96.0 Å². The molecule has 0 aromatic heterocycles. The van der Waals surface area contributed by atoms with Gasteiger partial charge in [-0.1, -0.05) is 24.3 Å². The number of fused-ring (bicyclic) bond motifs is 1. The van der Waals surface area contributed by atoms with Crippen molar-refractivity contribution in [1.29, 1.82) is 0 Å². The Labute approximate surface area is 154 Å². The molecule has 1 saturated heterocycles. The largest absolute Gasteiger partial charge is 0.743 e. The molecule has 0 spiro atoms. The lowest BCUT2D eigenvalue weighted by Gasteiger charge is -2.29. The fourth-order valence-electron chi connectivity index (χ4n) is 2.54. The van der Waals surface area contributed by atoms with Crippen LogP contribution < -0.4 is 0 Å². The summed E-state index contributed by atoms with van der Waals surface area (Å²) in [6, 6.07) is 8.44. The number of ether oxygens (including phenoxy) is 2. The summed E-state index contributed by atoms with van der Waals surface area (Å²) in [4.78, 5) is 12.2. The van der Waals surface area contributed by atoms with E-state index >= 15 is 0 Å². The second-order valence-corrected chi connectivity index (χ2v) is 7.40. The summed E-state index contributed by atoms with van der Waals surface area (Å²) in [7, 11) is -6.76. The Balaban J connectivity index is 2.02. The minimum atomic E-state index is -6.76. The maximum absolute atomic E-state index is 13.5. The number of rotatable bonds is 5. The summed E-state index contributed by atoms with van der Waals surface area (Å²) in [6.45, 7) is 0.405. The molecule has 1 fully saturated rings. The predicted molar refractivity (Wildman–Crippen MR) is 82.5 cm³/mol. The van der Waals surface area contributed by atoms with E-state index < -0.39 is 39.2 Å². The van der Waals surface area contributed by atoms with E-state index in [-0.39, 0.29) is 11.5 Å². The third-order valence-corrected chi connectivity index (χ3v) is 4.87. The normalized spacial score (nSPS) is 18.7. The number of epoxide rings is 1. The molecular formula is C16H10F5O6S-. The molecule has 12 heteroatoms. The SMILES string of the molecule is O=C(OC(C(F)(F)F)C(F)(F)S(=O)(=O)[O-])c1cccc2ccc(C3CO3)cc12. The highest BCUT2D eigenvalue weighted by atomic mass is 32.2. The molecular weight excluding hydrogens is 415 g/mol. The molecule has 152 valence electrons. The average Bonchev–Trinajstić information content (AvgIpc) is 3.41. The summed E-state index contributed by atoms with van der Waals surface area (Å²) in [5, 5.41) is -5.42. The highest BCUT2D eigenvalue weighted by Gasteiger charge is 2.63. The number of carbonyl (C=O) groups excluding carboxylic acids is 1. The lowest BCUT2D eigenvalue weighted by Crippen LogP contribution is -2.52. The number of carbonyl (C=O) groups is 1. The van der Waals surface area contributed by atoms with E-state index in [0.717, 1.165) is 6.07 Å². The molecule has 2 aromatic carbocycles. The van der Waals surface area contributed by atoms with Crippen LogP contribution >= 0.6 is 0 Å². The zero-order valence-corrected chi connectivity index (χ0v) is 14.4. The van der Waals surface area contributed by atoms with E-state index in [0.29, 0.717) is 17.6 Å². The molecule has 0 radical (unpaired) electrons. The molecule has 1 aliphatic heterocycles. The molecule has 2 atom stereocenters. The maximum Gasteiger partial charge on any atom is 0.432 e. The van der Waals surface area contributed by atoms with Gasteiger partial charge in [0.2, 0.25) is 0 Å². The maximum atomic E-state index is 13.5. The van der Waals surface area contributed by atoms with Crippen molar-refractivity contribution < 1.29 is 49.2 Å². The first-order valence-electron chi connectivity index (χ1n) is 7.57. The zero-order chi connectivity index (χ0) is 20.9. The molecule has 0 amide bonds. The van der Waals surface area contributed by atoms with Crippen LogP contribution in [0.5, 0.6) is 0 Å². The van der Waals surface area contributed by atoms with E-state index in [1.807, 2.05) is 0 Å². The van der Waals surface area contributed by atoms with E-state index in [1.165, 1.54) is 18.2 Å². The average molecular weight is 425 g/mol. The third-order valence-electron chi connectivity index (χ3n) is 3.99. The molecule has 6 nitrogen and oxygen atoms in total. The predicted octanol–water partition coefficient (Wildman–Crippen LogP) is 3.14. The van der Waals surface area contributed by atoms with Crippen LogP contribution in [-0.2, 0) is 19.6 Å². The summed E-state index contributed by atoms with van der Waals surface area (Å²) < 4.78 is 107. The van der Waals surface area contributed by atoms with Gasteiger partial charge in [0, 0.05) is 0 Å². The molecule has 2 unspecified atom stereocenters. The van der Waals surface area contributed by atoms with Crippen molar-refractivity contribution in [3.63, 3.8) is 0 Å². The summed E-state index contributed by atoms with van der Waals surface area (Å²) in [5.74, 6) is -1.86. The van der Waals surface area contributed by atoms with Crippen LogP contribution in [0.15, 0.2) is 36.4 Å². The van der Waals surface area contributed by atoms with Gasteiger partial charge in [-0.25, -0.2) is 13.2 Å². The molecule has 2 aromatic rings. The van der Waals surface area contributed by atoms with Gasteiger partial charge in [-0.05, 0) is 28.5 Å². The van der Waals surface area contributed by atoms with Crippen molar-refractivity contribution in [1.82, 2.24) is 0 Å². The van der Waals surface area contributed by atoms with Gasteiger partial charge in [-0.15, -0.1) is 0 Å². The molecule has 0 saturated carbocycles. The number of halogens is 5. The molecule has 3 rings (SSSR count). The number of alkyl halides is 5. The van der Waals surface area contributed by atoms with Crippen molar-refractivity contribution in [2.75, 3.05) is 6.61 Å². The monoisotopic (exact) mass is 425 g/mol. The highest BCUT2D eigenvalue weighted by Crippen LogP contribution is 2.39. The van der Waals surface area contributed by atoms with E-state index in [1.54, 1.807) is 12.1 Å². The Morgan fingerprint density at radius 2 is 1.82 bits per heavy atom. The van der Waals surface area contributed by atoms with Crippen molar-refractivity contribution in [3.05, 3.63) is 47.5 Å². The first kappa shape index (κ1) is 20.4. The second kappa shape index (κ2) is 6.64. The Kier molecular flexibility index (Phi) is 4.84. The summed E-state index contributed by atoms with van der Waals surface area (Å²) in [6.07, 6.45) is -10.7. The van der Waals surface area contributed by atoms with Crippen LogP contribution in [0.2, 0.25) is 0 Å². The van der Waals surface area contributed by atoms with Gasteiger partial charge in [0.25, 0.3) is 6.10 Å². The lowest BCUT2D eigenvalue weighted by atomic mass is 10.0. The number of hydrogen-bond donors (Lipinski definition) is 0. The molecule has 1 heterocycles. The minimum Gasteiger partial charge on any atom is -0.743 e. The van der Waals surface area contributed by atoms with Gasteiger partial charge in [-0.3, -0.25) is 0 Å². The quantitative estimate of drug-likeness (QED) is 0.316. The van der Waals surface area contributed by atoms with Gasteiger partial charge >= 0.3 is 17.4 Å². The molecule has 0 aliphatic carbocycles. The van der Waals surface area contributed by atoms with Gasteiger partial charge in [0.15, 0.2) is 10.1 Å². The van der Waals surface area contributed by atoms with Crippen LogP contribution in [0.3, 0.4) is 0 Å². The van der Waals surface area contributed by atoms with Crippen molar-refractivity contribution in [3.8, 4) is 0 Å².